The summed E-state index contributed by atoms with van der Waals surface area (Å²) in [5.74, 6) is 1.56. The summed E-state index contributed by atoms with van der Waals surface area (Å²) in [7, 11) is 1.74. The molecule has 1 aliphatic rings. The van der Waals surface area contributed by atoms with Gasteiger partial charge in [-0.2, -0.15) is 0 Å². The first-order valence-corrected chi connectivity index (χ1v) is 5.22. The highest BCUT2D eigenvalue weighted by Crippen LogP contribution is 2.35. The SMILES string of the molecule is COc1cccc2c1CCCC2CN. The molecule has 2 N–H and O–H groups in total. The molecule has 14 heavy (non-hydrogen) atoms. The average Bonchev–Trinajstić information content (AvgIpc) is 2.27. The molecule has 0 aliphatic heterocycles. The summed E-state index contributed by atoms with van der Waals surface area (Å²) in [5.41, 5.74) is 8.54. The van der Waals surface area contributed by atoms with Crippen molar-refractivity contribution in [3.63, 3.8) is 0 Å². The number of methoxy groups -OCH3 is 1. The Kier molecular flexibility index (Phi) is 2.73. The third-order valence-corrected chi connectivity index (χ3v) is 3.09. The predicted molar refractivity (Wildman–Crippen MR) is 57.7 cm³/mol. The zero-order valence-corrected chi connectivity index (χ0v) is 8.62. The van der Waals surface area contributed by atoms with Gasteiger partial charge in [0.1, 0.15) is 5.75 Å². The molecule has 1 unspecified atom stereocenters. The molecule has 0 aromatic heterocycles. The van der Waals surface area contributed by atoms with Crippen LogP contribution in [0.3, 0.4) is 0 Å². The molecule has 0 fully saturated rings. The second-order valence-electron chi connectivity index (χ2n) is 3.85. The summed E-state index contributed by atoms with van der Waals surface area (Å²) >= 11 is 0. The van der Waals surface area contributed by atoms with Crippen molar-refractivity contribution in [3.05, 3.63) is 29.3 Å². The van der Waals surface area contributed by atoms with Crippen LogP contribution >= 0.6 is 0 Å². The first-order valence-electron chi connectivity index (χ1n) is 5.22. The fraction of sp³-hybridized carbons (Fsp3) is 0.500. The summed E-state index contributed by atoms with van der Waals surface area (Å²) in [5, 5.41) is 0. The van der Waals surface area contributed by atoms with Crippen molar-refractivity contribution in [1.82, 2.24) is 0 Å². The lowest BCUT2D eigenvalue weighted by atomic mass is 9.82. The average molecular weight is 191 g/mol. The lowest BCUT2D eigenvalue weighted by Gasteiger charge is -2.25. The molecule has 1 atom stereocenters. The highest BCUT2D eigenvalue weighted by Gasteiger charge is 2.21. The fourth-order valence-electron chi connectivity index (χ4n) is 2.35. The van der Waals surface area contributed by atoms with E-state index in [1.54, 1.807) is 7.11 Å². The molecule has 76 valence electrons. The molecule has 0 amide bonds. The Bertz CT molecular complexity index is 322. The van der Waals surface area contributed by atoms with Crippen LogP contribution in [0.1, 0.15) is 29.9 Å². The molecule has 1 aromatic carbocycles. The standard InChI is InChI=1S/C12H17NO/c1-14-12-7-3-5-10-9(8-13)4-2-6-11(10)12/h3,5,7,9H,2,4,6,8,13H2,1H3. The fourth-order valence-corrected chi connectivity index (χ4v) is 2.35. The molecule has 0 heterocycles. The zero-order valence-electron chi connectivity index (χ0n) is 8.62. The highest BCUT2D eigenvalue weighted by molar-refractivity contribution is 5.43. The van der Waals surface area contributed by atoms with Gasteiger partial charge in [-0.15, -0.1) is 0 Å². The molecule has 0 saturated heterocycles. The molecule has 0 radical (unpaired) electrons. The first kappa shape index (κ1) is 9.53. The van der Waals surface area contributed by atoms with Gasteiger partial charge in [-0.3, -0.25) is 0 Å². The minimum atomic E-state index is 0.536. The van der Waals surface area contributed by atoms with Gasteiger partial charge in [0, 0.05) is 0 Å². The van der Waals surface area contributed by atoms with E-state index >= 15 is 0 Å². The smallest absolute Gasteiger partial charge is 0.122 e. The van der Waals surface area contributed by atoms with E-state index in [-0.39, 0.29) is 0 Å². The molecule has 1 aliphatic carbocycles. The van der Waals surface area contributed by atoms with Gasteiger partial charge in [-0.05, 0) is 48.9 Å². The number of ether oxygens (including phenoxy) is 1. The van der Waals surface area contributed by atoms with Crippen LogP contribution in [0.2, 0.25) is 0 Å². The normalized spacial score (nSPS) is 20.3. The second kappa shape index (κ2) is 4.01. The molecule has 2 nitrogen and oxygen atoms in total. The third-order valence-electron chi connectivity index (χ3n) is 3.09. The van der Waals surface area contributed by atoms with Crippen molar-refractivity contribution < 1.29 is 4.74 Å². The van der Waals surface area contributed by atoms with Crippen LogP contribution in [-0.2, 0) is 6.42 Å². The summed E-state index contributed by atoms with van der Waals surface area (Å²) in [6.45, 7) is 0.750. The van der Waals surface area contributed by atoms with Crippen molar-refractivity contribution in [2.45, 2.75) is 25.2 Å². The maximum absolute atomic E-state index is 5.77. The van der Waals surface area contributed by atoms with E-state index < -0.39 is 0 Å². The zero-order chi connectivity index (χ0) is 9.97. The number of benzene rings is 1. The van der Waals surface area contributed by atoms with Crippen molar-refractivity contribution in [2.75, 3.05) is 13.7 Å². The molecule has 1 aromatic rings. The number of rotatable bonds is 2. The van der Waals surface area contributed by atoms with E-state index in [0.717, 1.165) is 18.7 Å². The molecule has 0 saturated carbocycles. The van der Waals surface area contributed by atoms with Gasteiger partial charge in [0.05, 0.1) is 7.11 Å². The molecular formula is C12H17NO. The molecular weight excluding hydrogens is 174 g/mol. The third kappa shape index (κ3) is 1.50. The van der Waals surface area contributed by atoms with Crippen LogP contribution in [-0.4, -0.2) is 13.7 Å². The summed E-state index contributed by atoms with van der Waals surface area (Å²) in [6.07, 6.45) is 3.59. The van der Waals surface area contributed by atoms with Gasteiger partial charge >= 0.3 is 0 Å². The monoisotopic (exact) mass is 191 g/mol. The lowest BCUT2D eigenvalue weighted by Crippen LogP contribution is -2.18. The van der Waals surface area contributed by atoms with Gasteiger partial charge < -0.3 is 10.5 Å². The topological polar surface area (TPSA) is 35.2 Å². The minimum absolute atomic E-state index is 0.536. The number of fused-ring (bicyclic) bond motifs is 1. The van der Waals surface area contributed by atoms with E-state index in [1.165, 1.54) is 24.0 Å². The summed E-state index contributed by atoms with van der Waals surface area (Å²) < 4.78 is 5.36. The Morgan fingerprint density at radius 3 is 3.07 bits per heavy atom. The van der Waals surface area contributed by atoms with Crippen LogP contribution < -0.4 is 10.5 Å². The minimum Gasteiger partial charge on any atom is -0.496 e. The Labute approximate surface area is 85.1 Å². The van der Waals surface area contributed by atoms with Crippen molar-refractivity contribution in [1.29, 1.82) is 0 Å². The van der Waals surface area contributed by atoms with E-state index in [4.69, 9.17) is 10.5 Å². The van der Waals surface area contributed by atoms with Gasteiger partial charge in [0.2, 0.25) is 0 Å². The quantitative estimate of drug-likeness (QED) is 0.776. The molecule has 0 bridgehead atoms. The van der Waals surface area contributed by atoms with Gasteiger partial charge in [-0.1, -0.05) is 12.1 Å². The maximum Gasteiger partial charge on any atom is 0.122 e. The Balaban J connectivity index is 2.43. The van der Waals surface area contributed by atoms with Gasteiger partial charge in [0.25, 0.3) is 0 Å². The van der Waals surface area contributed by atoms with Crippen molar-refractivity contribution in [2.24, 2.45) is 5.73 Å². The van der Waals surface area contributed by atoms with Crippen molar-refractivity contribution >= 4 is 0 Å². The maximum atomic E-state index is 5.77. The van der Waals surface area contributed by atoms with Crippen LogP contribution in [0, 0.1) is 0 Å². The van der Waals surface area contributed by atoms with Gasteiger partial charge in [0.15, 0.2) is 0 Å². The molecule has 2 rings (SSSR count). The Hall–Kier alpha value is -1.02. The van der Waals surface area contributed by atoms with E-state index in [9.17, 15) is 0 Å². The largest absolute Gasteiger partial charge is 0.496 e. The van der Waals surface area contributed by atoms with Crippen LogP contribution in [0.4, 0.5) is 0 Å². The first-order chi connectivity index (χ1) is 6.86. The number of hydrogen-bond donors (Lipinski definition) is 1. The van der Waals surface area contributed by atoms with E-state index in [0.29, 0.717) is 5.92 Å². The van der Waals surface area contributed by atoms with Gasteiger partial charge in [-0.25, -0.2) is 0 Å². The van der Waals surface area contributed by atoms with Crippen LogP contribution in [0.5, 0.6) is 5.75 Å². The predicted octanol–water partition coefficient (Wildman–Crippen LogP) is 2.07. The Morgan fingerprint density at radius 1 is 1.50 bits per heavy atom. The highest BCUT2D eigenvalue weighted by atomic mass is 16.5. The number of hydrogen-bond acceptors (Lipinski definition) is 2. The summed E-state index contributed by atoms with van der Waals surface area (Å²) in [4.78, 5) is 0. The molecule has 2 heteroatoms. The molecule has 0 spiro atoms. The van der Waals surface area contributed by atoms with E-state index in [1.807, 2.05) is 6.07 Å². The second-order valence-corrected chi connectivity index (χ2v) is 3.85. The Morgan fingerprint density at radius 2 is 2.36 bits per heavy atom. The van der Waals surface area contributed by atoms with Crippen molar-refractivity contribution in [3.8, 4) is 5.75 Å². The van der Waals surface area contributed by atoms with Crippen LogP contribution in [0.25, 0.3) is 0 Å². The van der Waals surface area contributed by atoms with Crippen LogP contribution in [0.15, 0.2) is 18.2 Å². The number of nitrogens with two attached hydrogens (primary N) is 1. The summed E-state index contributed by atoms with van der Waals surface area (Å²) in [6, 6.07) is 6.29. The lowest BCUT2D eigenvalue weighted by molar-refractivity contribution is 0.403. The van der Waals surface area contributed by atoms with E-state index in [2.05, 4.69) is 12.1 Å².